The SMILES string of the molecule is N#CCCC1(CCC#N)S(=O)(=O)CC(c2ccccc2)CS1(=O)=O. The van der Waals surface area contributed by atoms with Crippen LogP contribution in [0.1, 0.15) is 37.2 Å². The van der Waals surface area contributed by atoms with Crippen molar-refractivity contribution in [3.8, 4) is 12.1 Å². The molecule has 0 aliphatic carbocycles. The van der Waals surface area contributed by atoms with E-state index in [4.69, 9.17) is 10.5 Å². The number of rotatable bonds is 5. The molecule has 1 saturated heterocycles. The van der Waals surface area contributed by atoms with Crippen molar-refractivity contribution in [1.82, 2.24) is 0 Å². The van der Waals surface area contributed by atoms with E-state index >= 15 is 0 Å². The summed E-state index contributed by atoms with van der Waals surface area (Å²) in [4.78, 5) is 0. The first kappa shape index (κ1) is 18.4. The standard InChI is InChI=1S/C16H18N2O4S2/c17-10-4-8-16(9-5-11-18)23(19,20)12-15(13-24(16,21)22)14-6-2-1-3-7-14/h1-3,6-7,15H,4-5,8-9,12-13H2. The highest BCUT2D eigenvalue weighted by Gasteiger charge is 2.58. The second kappa shape index (κ2) is 6.92. The summed E-state index contributed by atoms with van der Waals surface area (Å²) < 4.78 is 49.7. The van der Waals surface area contributed by atoms with Gasteiger partial charge in [-0.2, -0.15) is 10.5 Å². The Kier molecular flexibility index (Phi) is 5.32. The van der Waals surface area contributed by atoms with E-state index in [0.717, 1.165) is 0 Å². The fourth-order valence-corrected chi connectivity index (χ4v) is 9.28. The van der Waals surface area contributed by atoms with E-state index in [1.807, 2.05) is 12.1 Å². The summed E-state index contributed by atoms with van der Waals surface area (Å²) in [5.41, 5.74) is 0.666. The number of hydrogen-bond acceptors (Lipinski definition) is 6. The van der Waals surface area contributed by atoms with Crippen LogP contribution in [0.3, 0.4) is 0 Å². The fourth-order valence-electron chi connectivity index (χ4n) is 3.23. The number of hydrogen-bond donors (Lipinski definition) is 0. The van der Waals surface area contributed by atoms with Gasteiger partial charge in [0.1, 0.15) is 0 Å². The first-order valence-corrected chi connectivity index (χ1v) is 10.8. The van der Waals surface area contributed by atoms with E-state index < -0.39 is 29.7 Å². The Hall–Kier alpha value is -1.90. The molecule has 0 unspecified atom stereocenters. The molecule has 1 aromatic rings. The van der Waals surface area contributed by atoms with Gasteiger partial charge in [0.15, 0.2) is 23.8 Å². The van der Waals surface area contributed by atoms with Gasteiger partial charge in [-0.05, 0) is 18.4 Å². The molecule has 8 heteroatoms. The first-order chi connectivity index (χ1) is 11.3. The molecule has 1 fully saturated rings. The molecule has 0 amide bonds. The maximum Gasteiger partial charge on any atom is 0.175 e. The van der Waals surface area contributed by atoms with Gasteiger partial charge in [-0.3, -0.25) is 0 Å². The molecular weight excluding hydrogens is 348 g/mol. The van der Waals surface area contributed by atoms with Crippen LogP contribution in [0.5, 0.6) is 0 Å². The van der Waals surface area contributed by atoms with Gasteiger partial charge in [-0.25, -0.2) is 16.8 Å². The van der Waals surface area contributed by atoms with Crippen molar-refractivity contribution in [2.24, 2.45) is 0 Å². The molecule has 1 heterocycles. The summed E-state index contributed by atoms with van der Waals surface area (Å²) >= 11 is 0. The Morgan fingerprint density at radius 1 is 0.917 bits per heavy atom. The van der Waals surface area contributed by atoms with Crippen LogP contribution in [-0.2, 0) is 19.7 Å². The molecule has 1 aliphatic rings. The van der Waals surface area contributed by atoms with Crippen LogP contribution in [0, 0.1) is 22.7 Å². The van der Waals surface area contributed by atoms with E-state index in [9.17, 15) is 16.8 Å². The van der Waals surface area contributed by atoms with Crippen molar-refractivity contribution in [3.63, 3.8) is 0 Å². The van der Waals surface area contributed by atoms with Crippen molar-refractivity contribution in [1.29, 1.82) is 10.5 Å². The molecule has 1 aliphatic heterocycles. The Labute approximate surface area is 142 Å². The predicted molar refractivity (Wildman–Crippen MR) is 89.2 cm³/mol. The maximum absolute atomic E-state index is 12.9. The van der Waals surface area contributed by atoms with Crippen molar-refractivity contribution in [3.05, 3.63) is 35.9 Å². The summed E-state index contributed by atoms with van der Waals surface area (Å²) in [7, 11) is -8.05. The van der Waals surface area contributed by atoms with Crippen molar-refractivity contribution in [2.45, 2.75) is 35.7 Å². The van der Waals surface area contributed by atoms with Gasteiger partial charge >= 0.3 is 0 Å². The largest absolute Gasteiger partial charge is 0.227 e. The molecule has 2 rings (SSSR count). The molecule has 6 nitrogen and oxygen atoms in total. The highest BCUT2D eigenvalue weighted by molar-refractivity contribution is 8.11. The van der Waals surface area contributed by atoms with Crippen LogP contribution in [0.2, 0.25) is 0 Å². The molecule has 0 aromatic heterocycles. The number of benzene rings is 1. The molecule has 0 atom stereocenters. The number of nitrogens with zero attached hydrogens (tertiary/aromatic N) is 2. The van der Waals surface area contributed by atoms with Gasteiger partial charge in [-0.15, -0.1) is 0 Å². The van der Waals surface area contributed by atoms with E-state index in [2.05, 4.69) is 0 Å². The van der Waals surface area contributed by atoms with Gasteiger partial charge in [0, 0.05) is 18.8 Å². The van der Waals surface area contributed by atoms with Crippen LogP contribution < -0.4 is 0 Å². The van der Waals surface area contributed by atoms with Gasteiger partial charge in [0.05, 0.1) is 23.6 Å². The summed E-state index contributed by atoms with van der Waals surface area (Å²) in [6.07, 6.45) is -0.922. The zero-order valence-electron chi connectivity index (χ0n) is 13.1. The lowest BCUT2D eigenvalue weighted by Crippen LogP contribution is -2.54. The average Bonchev–Trinajstić information content (AvgIpc) is 2.53. The highest BCUT2D eigenvalue weighted by Crippen LogP contribution is 2.43. The van der Waals surface area contributed by atoms with Crippen molar-refractivity contribution >= 4 is 19.7 Å². The third-order valence-electron chi connectivity index (χ3n) is 4.48. The Morgan fingerprint density at radius 2 is 1.38 bits per heavy atom. The van der Waals surface area contributed by atoms with Crippen LogP contribution in [0.15, 0.2) is 30.3 Å². The molecular formula is C16H18N2O4S2. The summed E-state index contributed by atoms with van der Waals surface area (Å²) in [6.45, 7) is 0. The zero-order chi connectivity index (χ0) is 17.8. The second-order valence-corrected chi connectivity index (χ2v) is 10.8. The highest BCUT2D eigenvalue weighted by atomic mass is 32.3. The normalized spacial score (nSPS) is 21.4. The lowest BCUT2D eigenvalue weighted by atomic mass is 10.0. The van der Waals surface area contributed by atoms with Gasteiger partial charge in [-0.1, -0.05) is 30.3 Å². The second-order valence-electron chi connectivity index (χ2n) is 5.90. The first-order valence-electron chi connectivity index (χ1n) is 7.53. The topological polar surface area (TPSA) is 116 Å². The van der Waals surface area contributed by atoms with Crippen LogP contribution in [0.4, 0.5) is 0 Å². The third-order valence-corrected chi connectivity index (χ3v) is 10.8. The Balaban J connectivity index is 2.51. The quantitative estimate of drug-likeness (QED) is 0.786. The number of nitriles is 2. The minimum atomic E-state index is -4.02. The maximum atomic E-state index is 12.9. The monoisotopic (exact) mass is 366 g/mol. The molecule has 0 saturated carbocycles. The van der Waals surface area contributed by atoms with Crippen molar-refractivity contribution in [2.75, 3.05) is 11.5 Å². The zero-order valence-corrected chi connectivity index (χ0v) is 14.7. The van der Waals surface area contributed by atoms with Gasteiger partial charge < -0.3 is 0 Å². The summed E-state index contributed by atoms with van der Waals surface area (Å²) in [5, 5.41) is 17.6. The lowest BCUT2D eigenvalue weighted by molar-refractivity contribution is 0.496. The predicted octanol–water partition coefficient (Wildman–Crippen LogP) is 1.92. The molecule has 0 spiro atoms. The van der Waals surface area contributed by atoms with Crippen molar-refractivity contribution < 1.29 is 16.8 Å². The Morgan fingerprint density at radius 3 is 1.79 bits per heavy atom. The molecule has 0 radical (unpaired) electrons. The van der Waals surface area contributed by atoms with Crippen LogP contribution in [0.25, 0.3) is 0 Å². The van der Waals surface area contributed by atoms with E-state index in [1.165, 1.54) is 0 Å². The smallest absolute Gasteiger partial charge is 0.175 e. The van der Waals surface area contributed by atoms with Gasteiger partial charge in [0.2, 0.25) is 0 Å². The van der Waals surface area contributed by atoms with Crippen LogP contribution in [-0.4, -0.2) is 32.4 Å². The lowest BCUT2D eigenvalue weighted by Gasteiger charge is -2.38. The molecule has 1 aromatic carbocycles. The van der Waals surface area contributed by atoms with E-state index in [0.29, 0.717) is 5.56 Å². The average molecular weight is 366 g/mol. The van der Waals surface area contributed by atoms with Crippen LogP contribution >= 0.6 is 0 Å². The fraction of sp³-hybridized carbons (Fsp3) is 0.500. The van der Waals surface area contributed by atoms with E-state index in [-0.39, 0.29) is 37.2 Å². The summed E-state index contributed by atoms with van der Waals surface area (Å²) in [6, 6.07) is 12.3. The Bertz CT molecular complexity index is 822. The third kappa shape index (κ3) is 3.17. The summed E-state index contributed by atoms with van der Waals surface area (Å²) in [5.74, 6) is -1.20. The number of sulfone groups is 2. The molecule has 0 bridgehead atoms. The molecule has 128 valence electrons. The molecule has 0 N–H and O–H groups in total. The molecule has 24 heavy (non-hydrogen) atoms. The minimum absolute atomic E-state index is 0.181. The van der Waals surface area contributed by atoms with Gasteiger partial charge in [0.25, 0.3) is 0 Å². The minimum Gasteiger partial charge on any atom is -0.227 e. The van der Waals surface area contributed by atoms with E-state index in [1.54, 1.807) is 30.3 Å².